The van der Waals surface area contributed by atoms with Gasteiger partial charge in [-0.1, -0.05) is 6.07 Å². The fraction of sp³-hybridized carbons (Fsp3) is 0.364. The first-order chi connectivity index (χ1) is 14.7. The average Bonchev–Trinajstić information content (AvgIpc) is 3.42. The van der Waals surface area contributed by atoms with Crippen molar-refractivity contribution in [3.05, 3.63) is 64.5 Å². The molecule has 4 unspecified atom stereocenters. The molecular formula is C22H19F4N3O2. The molecule has 31 heavy (non-hydrogen) atoms. The van der Waals surface area contributed by atoms with Crippen LogP contribution in [0.4, 0.5) is 23.2 Å². The fourth-order valence-corrected chi connectivity index (χ4v) is 5.12. The van der Waals surface area contributed by atoms with E-state index in [0.29, 0.717) is 40.9 Å². The van der Waals surface area contributed by atoms with E-state index in [1.807, 2.05) is 0 Å². The molecule has 2 amide bonds. The highest BCUT2D eigenvalue weighted by molar-refractivity contribution is 6.07. The number of rotatable bonds is 3. The van der Waals surface area contributed by atoms with Gasteiger partial charge in [0, 0.05) is 34.5 Å². The van der Waals surface area contributed by atoms with Crippen molar-refractivity contribution >= 4 is 17.5 Å². The molecule has 0 aromatic heterocycles. The van der Waals surface area contributed by atoms with Crippen molar-refractivity contribution in [3.63, 3.8) is 0 Å². The van der Waals surface area contributed by atoms with Gasteiger partial charge >= 0.3 is 6.18 Å². The summed E-state index contributed by atoms with van der Waals surface area (Å²) in [6, 6.07) is 6.63. The molecule has 0 spiro atoms. The fourth-order valence-electron chi connectivity index (χ4n) is 5.12. The molecule has 4 atom stereocenters. The van der Waals surface area contributed by atoms with Crippen LogP contribution in [0, 0.1) is 11.7 Å². The number of carbonyl (C=O) groups is 2. The predicted molar refractivity (Wildman–Crippen MR) is 104 cm³/mol. The Labute approximate surface area is 175 Å². The van der Waals surface area contributed by atoms with Crippen molar-refractivity contribution in [2.24, 2.45) is 5.92 Å². The molecule has 1 saturated heterocycles. The molecule has 5 nitrogen and oxygen atoms in total. The van der Waals surface area contributed by atoms with E-state index in [9.17, 15) is 27.2 Å². The summed E-state index contributed by atoms with van der Waals surface area (Å²) < 4.78 is 52.8. The van der Waals surface area contributed by atoms with E-state index in [0.717, 1.165) is 25.3 Å². The van der Waals surface area contributed by atoms with Crippen molar-refractivity contribution in [2.75, 3.05) is 5.32 Å². The number of fused-ring (bicyclic) bond motifs is 3. The van der Waals surface area contributed by atoms with Gasteiger partial charge in [-0.3, -0.25) is 9.59 Å². The van der Waals surface area contributed by atoms with Crippen LogP contribution in [0.5, 0.6) is 0 Å². The van der Waals surface area contributed by atoms with E-state index in [-0.39, 0.29) is 18.0 Å². The highest BCUT2D eigenvalue weighted by Crippen LogP contribution is 2.44. The number of alkyl halides is 3. The van der Waals surface area contributed by atoms with E-state index in [4.69, 9.17) is 0 Å². The summed E-state index contributed by atoms with van der Waals surface area (Å²) in [4.78, 5) is 25.2. The van der Waals surface area contributed by atoms with Crippen LogP contribution in [0.1, 0.15) is 57.1 Å². The van der Waals surface area contributed by atoms with E-state index < -0.39 is 29.0 Å². The summed E-state index contributed by atoms with van der Waals surface area (Å²) in [5.74, 6) is -1.88. The van der Waals surface area contributed by atoms with E-state index >= 15 is 0 Å². The second kappa shape index (κ2) is 7.05. The molecule has 3 N–H and O–H groups in total. The van der Waals surface area contributed by atoms with Crippen LogP contribution in [0.2, 0.25) is 0 Å². The number of benzene rings is 2. The zero-order chi connectivity index (χ0) is 21.9. The molecule has 5 rings (SSSR count). The van der Waals surface area contributed by atoms with Crippen molar-refractivity contribution in [3.8, 4) is 0 Å². The Balaban J connectivity index is 1.47. The topological polar surface area (TPSA) is 70.2 Å². The normalized spacial score (nSPS) is 26.6. The SMILES string of the molecule is O=C(Nc1cccc2c1C(C1NC3CCC1C3)NC2=O)c1cc(F)cc(C(F)(F)F)c1. The number of anilines is 1. The molecule has 162 valence electrons. The zero-order valence-electron chi connectivity index (χ0n) is 16.2. The van der Waals surface area contributed by atoms with Crippen molar-refractivity contribution in [1.82, 2.24) is 10.6 Å². The third kappa shape index (κ3) is 3.46. The minimum Gasteiger partial charge on any atom is -0.344 e. The van der Waals surface area contributed by atoms with Gasteiger partial charge in [-0.25, -0.2) is 4.39 Å². The smallest absolute Gasteiger partial charge is 0.344 e. The predicted octanol–water partition coefficient (Wildman–Crippen LogP) is 4.02. The van der Waals surface area contributed by atoms with Crippen molar-refractivity contribution in [1.29, 1.82) is 0 Å². The van der Waals surface area contributed by atoms with Crippen LogP contribution in [-0.2, 0) is 6.18 Å². The van der Waals surface area contributed by atoms with Crippen LogP contribution >= 0.6 is 0 Å². The van der Waals surface area contributed by atoms with E-state index in [2.05, 4.69) is 16.0 Å². The molecule has 2 heterocycles. The maximum absolute atomic E-state index is 13.7. The molecule has 2 fully saturated rings. The Kier molecular flexibility index (Phi) is 4.55. The maximum Gasteiger partial charge on any atom is 0.416 e. The van der Waals surface area contributed by atoms with E-state index in [1.54, 1.807) is 18.2 Å². The number of carbonyl (C=O) groups excluding carboxylic acids is 2. The van der Waals surface area contributed by atoms with Crippen LogP contribution < -0.4 is 16.0 Å². The van der Waals surface area contributed by atoms with Crippen LogP contribution in [-0.4, -0.2) is 23.9 Å². The van der Waals surface area contributed by atoms with Gasteiger partial charge in [0.15, 0.2) is 0 Å². The summed E-state index contributed by atoms with van der Waals surface area (Å²) >= 11 is 0. The molecular weight excluding hydrogens is 414 g/mol. The van der Waals surface area contributed by atoms with Crippen LogP contribution in [0.3, 0.4) is 0 Å². The molecule has 2 aromatic carbocycles. The number of hydrogen-bond acceptors (Lipinski definition) is 3. The molecule has 1 aliphatic carbocycles. The number of piperidine rings is 1. The summed E-state index contributed by atoms with van der Waals surface area (Å²) in [5, 5.41) is 9.10. The van der Waals surface area contributed by atoms with Gasteiger partial charge in [-0.2, -0.15) is 13.2 Å². The molecule has 2 bridgehead atoms. The lowest BCUT2D eigenvalue weighted by Crippen LogP contribution is -2.44. The molecule has 9 heteroatoms. The highest BCUT2D eigenvalue weighted by atomic mass is 19.4. The molecule has 3 aliphatic rings. The van der Waals surface area contributed by atoms with Crippen LogP contribution in [0.15, 0.2) is 36.4 Å². The largest absolute Gasteiger partial charge is 0.416 e. The first-order valence-corrected chi connectivity index (χ1v) is 10.1. The second-order valence-corrected chi connectivity index (χ2v) is 8.36. The zero-order valence-corrected chi connectivity index (χ0v) is 16.2. The van der Waals surface area contributed by atoms with Crippen molar-refractivity contribution < 1.29 is 27.2 Å². The third-order valence-corrected chi connectivity index (χ3v) is 6.45. The Morgan fingerprint density at radius 1 is 1.13 bits per heavy atom. The third-order valence-electron chi connectivity index (χ3n) is 6.45. The molecule has 0 radical (unpaired) electrons. The lowest BCUT2D eigenvalue weighted by molar-refractivity contribution is -0.137. The van der Waals surface area contributed by atoms with Gasteiger partial charge in [0.05, 0.1) is 11.6 Å². The lowest BCUT2D eigenvalue weighted by Gasteiger charge is -2.30. The van der Waals surface area contributed by atoms with Crippen molar-refractivity contribution in [2.45, 2.75) is 43.6 Å². The minimum atomic E-state index is -4.78. The van der Waals surface area contributed by atoms with Gasteiger partial charge in [0.2, 0.25) is 0 Å². The average molecular weight is 433 g/mol. The van der Waals surface area contributed by atoms with Gasteiger partial charge in [0.25, 0.3) is 11.8 Å². The Bertz CT molecular complexity index is 1080. The lowest BCUT2D eigenvalue weighted by atomic mass is 9.88. The molecule has 2 aliphatic heterocycles. The molecule has 2 aromatic rings. The van der Waals surface area contributed by atoms with Crippen LogP contribution in [0.25, 0.3) is 0 Å². The van der Waals surface area contributed by atoms with E-state index in [1.165, 1.54) is 0 Å². The highest BCUT2D eigenvalue weighted by Gasteiger charge is 2.47. The van der Waals surface area contributed by atoms with Gasteiger partial charge in [-0.15, -0.1) is 0 Å². The Morgan fingerprint density at radius 2 is 1.94 bits per heavy atom. The standard InChI is InChI=1S/C22H19F4N3O2/c23-13-7-11(6-12(9-13)22(24,25)26)20(30)28-16-3-1-2-15-17(16)19(29-21(15)31)18-10-4-5-14(8-10)27-18/h1-3,6-7,9-10,14,18-19,27H,4-5,8H2,(H,28,30)(H,29,31). The number of halogens is 4. The Hall–Kier alpha value is -2.94. The number of amides is 2. The summed E-state index contributed by atoms with van der Waals surface area (Å²) in [5.41, 5.74) is -0.331. The first kappa shape index (κ1) is 20.0. The van der Waals surface area contributed by atoms with Gasteiger partial charge in [-0.05, 0) is 55.5 Å². The van der Waals surface area contributed by atoms with Gasteiger partial charge < -0.3 is 16.0 Å². The summed E-state index contributed by atoms with van der Waals surface area (Å²) in [6.45, 7) is 0. The second-order valence-electron chi connectivity index (χ2n) is 8.36. The number of hydrogen-bond donors (Lipinski definition) is 3. The number of nitrogens with one attached hydrogen (secondary N) is 3. The first-order valence-electron chi connectivity index (χ1n) is 10.1. The maximum atomic E-state index is 13.7. The monoisotopic (exact) mass is 433 g/mol. The summed E-state index contributed by atoms with van der Waals surface area (Å²) in [6.07, 6.45) is -1.60. The molecule has 1 saturated carbocycles. The minimum absolute atomic E-state index is 0.0213. The van der Waals surface area contributed by atoms with Gasteiger partial charge in [0.1, 0.15) is 5.82 Å². The summed E-state index contributed by atoms with van der Waals surface area (Å²) in [7, 11) is 0. The quantitative estimate of drug-likeness (QED) is 0.641. The Morgan fingerprint density at radius 3 is 2.61 bits per heavy atom.